The van der Waals surface area contributed by atoms with Crippen LogP contribution in [-0.2, 0) is 6.18 Å². The molecule has 3 rings (SSSR count). The van der Waals surface area contributed by atoms with E-state index < -0.39 is 11.7 Å². The molecule has 2 aliphatic rings. The van der Waals surface area contributed by atoms with Gasteiger partial charge in [-0.25, -0.2) is 0 Å². The van der Waals surface area contributed by atoms with Gasteiger partial charge in [0.15, 0.2) is 0 Å². The lowest BCUT2D eigenvalue weighted by atomic mass is 9.68. The van der Waals surface area contributed by atoms with E-state index in [1.807, 2.05) is 12.1 Å². The number of allylic oxidation sites excluding steroid dienone is 2. The first kappa shape index (κ1) is 21.0. The van der Waals surface area contributed by atoms with Crippen molar-refractivity contribution in [2.75, 3.05) is 0 Å². The lowest BCUT2D eigenvalue weighted by Gasteiger charge is -2.38. The third kappa shape index (κ3) is 5.63. The van der Waals surface area contributed by atoms with Gasteiger partial charge in [0.25, 0.3) is 0 Å². The molecule has 0 N–H and O–H groups in total. The summed E-state index contributed by atoms with van der Waals surface area (Å²) in [5.74, 6) is 2.86. The summed E-state index contributed by atoms with van der Waals surface area (Å²) in [4.78, 5) is 0. The number of hydrogen-bond donors (Lipinski definition) is 0. The summed E-state index contributed by atoms with van der Waals surface area (Å²) in [5.41, 5.74) is 0.519. The molecular formula is C24H30F3N. The van der Waals surface area contributed by atoms with E-state index in [-0.39, 0.29) is 0 Å². The van der Waals surface area contributed by atoms with Crippen LogP contribution < -0.4 is 0 Å². The highest BCUT2D eigenvalue weighted by Gasteiger charge is 2.32. The van der Waals surface area contributed by atoms with Crippen LogP contribution in [0.15, 0.2) is 36.4 Å². The quantitative estimate of drug-likeness (QED) is 0.475. The third-order valence-corrected chi connectivity index (χ3v) is 6.97. The Morgan fingerprint density at radius 2 is 1.46 bits per heavy atom. The molecule has 1 nitrogen and oxygen atoms in total. The fourth-order valence-electron chi connectivity index (χ4n) is 5.28. The minimum absolute atomic E-state index is 0.418. The third-order valence-electron chi connectivity index (χ3n) is 6.97. The van der Waals surface area contributed by atoms with E-state index in [0.29, 0.717) is 5.92 Å². The van der Waals surface area contributed by atoms with Crippen molar-refractivity contribution in [1.29, 1.82) is 5.26 Å². The molecule has 0 radical (unpaired) electrons. The highest BCUT2D eigenvalue weighted by atomic mass is 19.4. The average molecular weight is 390 g/mol. The molecule has 0 atom stereocenters. The summed E-state index contributed by atoms with van der Waals surface area (Å²) in [6.07, 6.45) is 11.4. The van der Waals surface area contributed by atoms with Gasteiger partial charge in [-0.3, -0.25) is 0 Å². The first-order valence-electron chi connectivity index (χ1n) is 10.7. The van der Waals surface area contributed by atoms with Crippen molar-refractivity contribution in [3.05, 3.63) is 47.5 Å². The molecule has 0 heterocycles. The molecule has 2 fully saturated rings. The summed E-state index contributed by atoms with van der Waals surface area (Å²) in [7, 11) is 0. The number of alkyl halides is 3. The van der Waals surface area contributed by atoms with Crippen molar-refractivity contribution < 1.29 is 13.2 Å². The van der Waals surface area contributed by atoms with E-state index in [9.17, 15) is 13.2 Å². The maximum atomic E-state index is 12.7. The molecule has 0 spiro atoms. The van der Waals surface area contributed by atoms with Crippen molar-refractivity contribution >= 4 is 0 Å². The van der Waals surface area contributed by atoms with Crippen molar-refractivity contribution in [2.24, 2.45) is 17.8 Å². The lowest BCUT2D eigenvalue weighted by molar-refractivity contribution is -0.137. The van der Waals surface area contributed by atoms with Gasteiger partial charge in [0, 0.05) is 6.08 Å². The Hall–Kier alpha value is -1.76. The van der Waals surface area contributed by atoms with E-state index >= 15 is 0 Å². The standard InChI is InChI=1S/C24H30F3N/c25-24(26,27)23-15-13-22(14-16-23)21-11-9-20(10-12-21)19-7-5-18(6-8-19)4-2-1-3-17-28/h1,3,13-16,18-21H,2,4-12H2/b3-1+/t18?,19?,20-,21-. The summed E-state index contributed by atoms with van der Waals surface area (Å²) in [5, 5.41) is 8.54. The number of rotatable bonds is 5. The summed E-state index contributed by atoms with van der Waals surface area (Å²) >= 11 is 0. The monoisotopic (exact) mass is 389 g/mol. The fourth-order valence-corrected chi connectivity index (χ4v) is 5.28. The predicted octanol–water partition coefficient (Wildman–Crippen LogP) is 7.65. The minimum Gasteiger partial charge on any atom is -0.193 e. The Labute approximate surface area is 166 Å². The Bertz CT molecular complexity index is 667. The SMILES string of the molecule is N#C/C=C/CCC1CCC([C@H]2CC[C@H](c3ccc(C(F)(F)F)cc3)CC2)CC1. The van der Waals surface area contributed by atoms with Gasteiger partial charge in [-0.05, 0) is 92.7 Å². The van der Waals surface area contributed by atoms with E-state index in [0.717, 1.165) is 42.6 Å². The lowest BCUT2D eigenvalue weighted by Crippen LogP contribution is -2.25. The molecule has 4 heteroatoms. The van der Waals surface area contributed by atoms with Crippen LogP contribution in [0.5, 0.6) is 0 Å². The number of nitriles is 1. The second-order valence-electron chi connectivity index (χ2n) is 8.62. The van der Waals surface area contributed by atoms with E-state index in [4.69, 9.17) is 5.26 Å². The van der Waals surface area contributed by atoms with Crippen LogP contribution in [0.2, 0.25) is 0 Å². The van der Waals surface area contributed by atoms with Crippen LogP contribution in [0.1, 0.15) is 81.3 Å². The molecule has 2 saturated carbocycles. The second-order valence-corrected chi connectivity index (χ2v) is 8.62. The summed E-state index contributed by atoms with van der Waals surface area (Å²) in [6.45, 7) is 0. The molecule has 0 aromatic heterocycles. The Balaban J connectivity index is 1.42. The molecule has 152 valence electrons. The normalized spacial score (nSPS) is 28.9. The van der Waals surface area contributed by atoms with Gasteiger partial charge in [0.05, 0.1) is 11.6 Å². The van der Waals surface area contributed by atoms with Gasteiger partial charge in [-0.15, -0.1) is 0 Å². The van der Waals surface area contributed by atoms with Crippen LogP contribution >= 0.6 is 0 Å². The second kappa shape index (κ2) is 9.63. The predicted molar refractivity (Wildman–Crippen MR) is 106 cm³/mol. The van der Waals surface area contributed by atoms with Crippen LogP contribution in [-0.4, -0.2) is 0 Å². The Morgan fingerprint density at radius 1 is 0.893 bits per heavy atom. The first-order valence-corrected chi connectivity index (χ1v) is 10.7. The highest BCUT2D eigenvalue weighted by molar-refractivity contribution is 5.27. The van der Waals surface area contributed by atoms with Gasteiger partial charge < -0.3 is 0 Å². The highest BCUT2D eigenvalue weighted by Crippen LogP contribution is 2.44. The molecule has 0 amide bonds. The van der Waals surface area contributed by atoms with Crippen molar-refractivity contribution in [3.8, 4) is 6.07 Å². The number of hydrogen-bond acceptors (Lipinski definition) is 1. The molecule has 0 bridgehead atoms. The zero-order chi connectivity index (χ0) is 20.0. The summed E-state index contributed by atoms with van der Waals surface area (Å²) in [6, 6.07) is 7.87. The zero-order valence-electron chi connectivity index (χ0n) is 16.4. The molecule has 1 aromatic carbocycles. The minimum atomic E-state index is -4.25. The number of nitrogens with zero attached hydrogens (tertiary/aromatic N) is 1. The smallest absolute Gasteiger partial charge is 0.193 e. The van der Waals surface area contributed by atoms with Crippen molar-refractivity contribution in [3.63, 3.8) is 0 Å². The molecular weight excluding hydrogens is 359 g/mol. The van der Waals surface area contributed by atoms with Crippen molar-refractivity contribution in [1.82, 2.24) is 0 Å². The van der Waals surface area contributed by atoms with Gasteiger partial charge >= 0.3 is 6.18 Å². The first-order chi connectivity index (χ1) is 13.5. The largest absolute Gasteiger partial charge is 0.416 e. The molecule has 1 aromatic rings. The van der Waals surface area contributed by atoms with Crippen LogP contribution in [0.4, 0.5) is 13.2 Å². The van der Waals surface area contributed by atoms with Gasteiger partial charge in [-0.2, -0.15) is 18.4 Å². The Kier molecular flexibility index (Phi) is 7.21. The molecule has 2 aliphatic carbocycles. The molecule has 0 unspecified atom stereocenters. The number of halogens is 3. The molecule has 0 aliphatic heterocycles. The van der Waals surface area contributed by atoms with Crippen molar-refractivity contribution in [2.45, 2.75) is 76.3 Å². The van der Waals surface area contributed by atoms with E-state index in [2.05, 4.69) is 0 Å². The zero-order valence-corrected chi connectivity index (χ0v) is 16.4. The maximum absolute atomic E-state index is 12.7. The fraction of sp³-hybridized carbons (Fsp3) is 0.625. The van der Waals surface area contributed by atoms with Crippen LogP contribution in [0, 0.1) is 29.1 Å². The van der Waals surface area contributed by atoms with Crippen LogP contribution in [0.3, 0.4) is 0 Å². The average Bonchev–Trinajstić information content (AvgIpc) is 2.71. The maximum Gasteiger partial charge on any atom is 0.416 e. The van der Waals surface area contributed by atoms with Crippen LogP contribution in [0.25, 0.3) is 0 Å². The van der Waals surface area contributed by atoms with Gasteiger partial charge in [0.1, 0.15) is 0 Å². The van der Waals surface area contributed by atoms with Gasteiger partial charge in [-0.1, -0.05) is 31.1 Å². The van der Waals surface area contributed by atoms with E-state index in [1.54, 1.807) is 18.2 Å². The topological polar surface area (TPSA) is 23.8 Å². The van der Waals surface area contributed by atoms with Gasteiger partial charge in [0.2, 0.25) is 0 Å². The summed E-state index contributed by atoms with van der Waals surface area (Å²) < 4.78 is 38.2. The molecule has 28 heavy (non-hydrogen) atoms. The Morgan fingerprint density at radius 3 is 2.00 bits per heavy atom. The van der Waals surface area contributed by atoms with E-state index in [1.165, 1.54) is 57.1 Å². The number of benzene rings is 1. The molecule has 0 saturated heterocycles.